The molecule has 5 nitrogen and oxygen atoms in total. The van der Waals surface area contributed by atoms with Crippen molar-refractivity contribution < 1.29 is 14.3 Å². The van der Waals surface area contributed by atoms with Gasteiger partial charge in [0.05, 0.1) is 12.5 Å². The van der Waals surface area contributed by atoms with Gasteiger partial charge in [0.1, 0.15) is 0 Å². The van der Waals surface area contributed by atoms with Crippen LogP contribution in [0.15, 0.2) is 30.3 Å². The van der Waals surface area contributed by atoms with Crippen LogP contribution in [0.5, 0.6) is 0 Å². The first-order chi connectivity index (χ1) is 14.4. The van der Waals surface area contributed by atoms with E-state index < -0.39 is 0 Å². The second-order valence-electron chi connectivity index (χ2n) is 8.86. The molecule has 0 bridgehead atoms. The van der Waals surface area contributed by atoms with Crippen molar-refractivity contribution in [3.63, 3.8) is 0 Å². The highest BCUT2D eigenvalue weighted by Gasteiger charge is 2.32. The molecular weight excluding hydrogens is 376 g/mol. The van der Waals surface area contributed by atoms with Crippen LogP contribution in [0.1, 0.15) is 64.9 Å². The van der Waals surface area contributed by atoms with Crippen LogP contribution in [-0.2, 0) is 20.7 Å². The Morgan fingerprint density at radius 1 is 1.23 bits per heavy atom. The number of likely N-dealkylation sites (tertiary alicyclic amines) is 1. The Morgan fingerprint density at radius 3 is 2.63 bits per heavy atom. The van der Waals surface area contributed by atoms with Crippen LogP contribution in [0.4, 0.5) is 0 Å². The van der Waals surface area contributed by atoms with E-state index in [0.29, 0.717) is 18.9 Å². The molecule has 2 amide bonds. The molecule has 0 aliphatic carbocycles. The van der Waals surface area contributed by atoms with Crippen molar-refractivity contribution in [3.05, 3.63) is 35.9 Å². The van der Waals surface area contributed by atoms with E-state index in [4.69, 9.17) is 4.74 Å². The third-order valence-electron chi connectivity index (χ3n) is 6.42. The van der Waals surface area contributed by atoms with Crippen molar-refractivity contribution in [2.24, 2.45) is 11.8 Å². The Bertz CT molecular complexity index is 649. The average molecular weight is 417 g/mol. The summed E-state index contributed by atoms with van der Waals surface area (Å²) in [5.41, 5.74) is 1.23. The lowest BCUT2D eigenvalue weighted by molar-refractivity contribution is -0.136. The molecule has 1 aliphatic rings. The number of ether oxygens (including phenoxy) is 1. The maximum atomic E-state index is 12.9. The molecule has 3 unspecified atom stereocenters. The van der Waals surface area contributed by atoms with Crippen molar-refractivity contribution in [3.8, 4) is 0 Å². The SMILES string of the molecule is CCC(C)CC(CC(=O)N1CCCC1C[C@@H](C)C(=O)NCCc1ccccc1)OC. The summed E-state index contributed by atoms with van der Waals surface area (Å²) in [5.74, 6) is 0.704. The van der Waals surface area contributed by atoms with Gasteiger partial charge in [0, 0.05) is 32.2 Å². The van der Waals surface area contributed by atoms with Gasteiger partial charge in [-0.25, -0.2) is 0 Å². The van der Waals surface area contributed by atoms with E-state index in [2.05, 4.69) is 31.3 Å². The molecule has 0 spiro atoms. The topological polar surface area (TPSA) is 58.6 Å². The minimum atomic E-state index is -0.0995. The summed E-state index contributed by atoms with van der Waals surface area (Å²) in [6, 6.07) is 10.3. The van der Waals surface area contributed by atoms with Crippen LogP contribution in [0.2, 0.25) is 0 Å². The second-order valence-corrected chi connectivity index (χ2v) is 8.86. The first kappa shape index (κ1) is 24.4. The molecule has 1 aromatic rings. The van der Waals surface area contributed by atoms with Gasteiger partial charge in [-0.05, 0) is 43.6 Å². The summed E-state index contributed by atoms with van der Waals surface area (Å²) < 4.78 is 5.58. The molecule has 1 N–H and O–H groups in total. The fourth-order valence-electron chi connectivity index (χ4n) is 4.26. The first-order valence-corrected chi connectivity index (χ1v) is 11.6. The summed E-state index contributed by atoms with van der Waals surface area (Å²) in [5, 5.41) is 3.06. The number of nitrogens with one attached hydrogen (secondary N) is 1. The van der Waals surface area contributed by atoms with Gasteiger partial charge in [-0.2, -0.15) is 0 Å². The number of carbonyl (C=O) groups is 2. The van der Waals surface area contributed by atoms with E-state index in [1.165, 1.54) is 5.56 Å². The fourth-order valence-corrected chi connectivity index (χ4v) is 4.26. The molecule has 1 aromatic carbocycles. The minimum absolute atomic E-state index is 0.0209. The van der Waals surface area contributed by atoms with Crippen LogP contribution in [0.3, 0.4) is 0 Å². The number of hydrogen-bond acceptors (Lipinski definition) is 3. The number of rotatable bonds is 12. The maximum absolute atomic E-state index is 12.9. The summed E-state index contributed by atoms with van der Waals surface area (Å²) in [7, 11) is 1.70. The largest absolute Gasteiger partial charge is 0.381 e. The zero-order valence-corrected chi connectivity index (χ0v) is 19.2. The highest BCUT2D eigenvalue weighted by molar-refractivity contribution is 5.79. The van der Waals surface area contributed by atoms with Crippen molar-refractivity contribution in [2.75, 3.05) is 20.2 Å². The van der Waals surface area contributed by atoms with Crippen LogP contribution < -0.4 is 5.32 Å². The van der Waals surface area contributed by atoms with Gasteiger partial charge in [-0.3, -0.25) is 9.59 Å². The van der Waals surface area contributed by atoms with Crippen LogP contribution in [-0.4, -0.2) is 49.1 Å². The molecule has 1 heterocycles. The third-order valence-corrected chi connectivity index (χ3v) is 6.42. The Morgan fingerprint density at radius 2 is 1.97 bits per heavy atom. The maximum Gasteiger partial charge on any atom is 0.225 e. The first-order valence-electron chi connectivity index (χ1n) is 11.6. The third kappa shape index (κ3) is 7.75. The van der Waals surface area contributed by atoms with Crippen molar-refractivity contribution in [2.45, 2.75) is 77.9 Å². The van der Waals surface area contributed by atoms with Crippen molar-refractivity contribution in [1.82, 2.24) is 10.2 Å². The molecule has 30 heavy (non-hydrogen) atoms. The molecule has 2 rings (SSSR count). The lowest BCUT2D eigenvalue weighted by Gasteiger charge is -2.28. The van der Waals surface area contributed by atoms with Gasteiger partial charge in [-0.15, -0.1) is 0 Å². The number of benzene rings is 1. The van der Waals surface area contributed by atoms with Crippen LogP contribution in [0, 0.1) is 11.8 Å². The highest BCUT2D eigenvalue weighted by Crippen LogP contribution is 2.26. The van der Waals surface area contributed by atoms with Crippen LogP contribution >= 0.6 is 0 Å². The zero-order valence-electron chi connectivity index (χ0n) is 19.2. The van der Waals surface area contributed by atoms with Gasteiger partial charge in [-0.1, -0.05) is 57.5 Å². The molecule has 0 saturated carbocycles. The van der Waals surface area contributed by atoms with Crippen LogP contribution in [0.25, 0.3) is 0 Å². The second kappa shape index (κ2) is 12.7. The average Bonchev–Trinajstić information content (AvgIpc) is 3.21. The molecule has 0 radical (unpaired) electrons. The molecule has 168 valence electrons. The molecule has 4 atom stereocenters. The summed E-state index contributed by atoms with van der Waals surface area (Å²) in [6.45, 7) is 7.78. The standard InChI is InChI=1S/C25H40N2O3/c1-5-19(2)16-23(30-4)18-24(28)27-15-9-12-22(27)17-20(3)25(29)26-14-13-21-10-7-6-8-11-21/h6-8,10-11,19-20,22-23H,5,9,12-18H2,1-4H3,(H,26,29)/t19?,20-,22?,23?/m1/s1. The molecule has 1 saturated heterocycles. The molecule has 5 heteroatoms. The predicted octanol–water partition coefficient (Wildman–Crippen LogP) is 4.20. The summed E-state index contributed by atoms with van der Waals surface area (Å²) in [6.07, 6.45) is 5.99. The van der Waals surface area contributed by atoms with E-state index in [1.54, 1.807) is 7.11 Å². The monoisotopic (exact) mass is 416 g/mol. The molecule has 0 aromatic heterocycles. The summed E-state index contributed by atoms with van der Waals surface area (Å²) in [4.78, 5) is 27.5. The molecular formula is C25H40N2O3. The smallest absolute Gasteiger partial charge is 0.225 e. The van der Waals surface area contributed by atoms with E-state index in [9.17, 15) is 9.59 Å². The van der Waals surface area contributed by atoms with Gasteiger partial charge >= 0.3 is 0 Å². The molecule has 1 aliphatic heterocycles. The lowest BCUT2D eigenvalue weighted by atomic mass is 9.97. The van der Waals surface area contributed by atoms with Gasteiger partial charge in [0.15, 0.2) is 0 Å². The lowest BCUT2D eigenvalue weighted by Crippen LogP contribution is -2.40. The summed E-state index contributed by atoms with van der Waals surface area (Å²) >= 11 is 0. The predicted molar refractivity (Wildman–Crippen MR) is 121 cm³/mol. The number of methoxy groups -OCH3 is 1. The Labute approximate surface area is 182 Å². The van der Waals surface area contributed by atoms with E-state index >= 15 is 0 Å². The molecule has 1 fully saturated rings. The van der Waals surface area contributed by atoms with Crippen molar-refractivity contribution in [1.29, 1.82) is 0 Å². The normalized spacial score (nSPS) is 19.3. The number of carbonyl (C=O) groups excluding carboxylic acids is 2. The Balaban J connectivity index is 1.79. The van der Waals surface area contributed by atoms with Gasteiger partial charge in [0.25, 0.3) is 0 Å². The van der Waals surface area contributed by atoms with Gasteiger partial charge in [0.2, 0.25) is 11.8 Å². The van der Waals surface area contributed by atoms with Crippen molar-refractivity contribution >= 4 is 11.8 Å². The van der Waals surface area contributed by atoms with E-state index in [1.807, 2.05) is 30.0 Å². The Hall–Kier alpha value is -1.88. The highest BCUT2D eigenvalue weighted by atomic mass is 16.5. The van der Waals surface area contributed by atoms with Gasteiger partial charge < -0.3 is 15.0 Å². The number of nitrogens with zero attached hydrogens (tertiary/aromatic N) is 1. The number of hydrogen-bond donors (Lipinski definition) is 1. The number of amides is 2. The fraction of sp³-hybridized carbons (Fsp3) is 0.680. The quantitative estimate of drug-likeness (QED) is 0.555. The van der Waals surface area contributed by atoms with E-state index in [-0.39, 0.29) is 29.9 Å². The Kier molecular flexibility index (Phi) is 10.4. The zero-order chi connectivity index (χ0) is 21.9. The minimum Gasteiger partial charge on any atom is -0.381 e. The van der Waals surface area contributed by atoms with E-state index in [0.717, 1.165) is 45.1 Å².